The molecule has 1 N–H and O–H groups in total. The molecular weight excluding hydrogens is 605 g/mol. The van der Waals surface area contributed by atoms with E-state index in [0.717, 1.165) is 10.9 Å². The highest BCUT2D eigenvalue weighted by Gasteiger charge is 2.36. The molecule has 2 amide bonds. The Labute approximate surface area is 262 Å². The van der Waals surface area contributed by atoms with Crippen LogP contribution in [-0.4, -0.2) is 43.8 Å². The molecule has 0 bridgehead atoms. The van der Waals surface area contributed by atoms with Gasteiger partial charge in [-0.1, -0.05) is 83.9 Å². The number of carbonyl (C=O) groups excluding carboxylic acids is 2. The van der Waals surface area contributed by atoms with Gasteiger partial charge in [-0.3, -0.25) is 13.9 Å². The lowest BCUT2D eigenvalue weighted by Crippen LogP contribution is -2.51. The van der Waals surface area contributed by atoms with Gasteiger partial charge in [-0.05, 0) is 61.0 Å². The summed E-state index contributed by atoms with van der Waals surface area (Å²) in [6.45, 7) is 3.95. The van der Waals surface area contributed by atoms with Crippen molar-refractivity contribution >= 4 is 61.5 Å². The van der Waals surface area contributed by atoms with Gasteiger partial charge < -0.3 is 10.2 Å². The highest BCUT2D eigenvalue weighted by molar-refractivity contribution is 7.93. The molecule has 1 unspecified atom stereocenters. The normalized spacial score (nSPS) is 14.2. The summed E-state index contributed by atoms with van der Waals surface area (Å²) in [5, 5.41) is 5.37. The first-order valence-electron chi connectivity index (χ1n) is 14.2. The van der Waals surface area contributed by atoms with Crippen LogP contribution >= 0.6 is 23.2 Å². The quantitative estimate of drug-likeness (QED) is 0.201. The molecule has 0 spiro atoms. The molecule has 1 aliphatic heterocycles. The van der Waals surface area contributed by atoms with Crippen molar-refractivity contribution in [2.24, 2.45) is 0 Å². The lowest BCUT2D eigenvalue weighted by atomic mass is 10.0. The molecule has 4 aromatic carbocycles. The van der Waals surface area contributed by atoms with Crippen molar-refractivity contribution in [2.75, 3.05) is 10.8 Å². The molecule has 0 saturated heterocycles. The summed E-state index contributed by atoms with van der Waals surface area (Å²) in [6, 6.07) is 24.4. The van der Waals surface area contributed by atoms with Crippen LogP contribution in [0.25, 0.3) is 10.8 Å². The van der Waals surface area contributed by atoms with Crippen LogP contribution in [-0.2, 0) is 32.6 Å². The summed E-state index contributed by atoms with van der Waals surface area (Å²) in [4.78, 5) is 29.4. The first kappa shape index (κ1) is 30.9. The van der Waals surface area contributed by atoms with E-state index in [1.165, 1.54) is 4.31 Å². The minimum Gasteiger partial charge on any atom is -0.352 e. The van der Waals surface area contributed by atoms with Crippen molar-refractivity contribution in [3.63, 3.8) is 0 Å². The molecule has 43 heavy (non-hydrogen) atoms. The van der Waals surface area contributed by atoms with Crippen molar-refractivity contribution < 1.29 is 18.0 Å². The Hall–Kier alpha value is -3.59. The van der Waals surface area contributed by atoms with E-state index in [-0.39, 0.29) is 48.7 Å². The van der Waals surface area contributed by atoms with Crippen LogP contribution in [0.5, 0.6) is 0 Å². The number of sulfonamides is 1. The second-order valence-electron chi connectivity index (χ2n) is 10.9. The van der Waals surface area contributed by atoms with Gasteiger partial charge >= 0.3 is 0 Å². The van der Waals surface area contributed by atoms with Crippen LogP contribution in [0.2, 0.25) is 10.0 Å². The highest BCUT2D eigenvalue weighted by Crippen LogP contribution is 2.42. The molecule has 224 valence electrons. The Bertz CT molecular complexity index is 1760. The molecule has 1 heterocycles. The number of hydrogen-bond donors (Lipinski definition) is 1. The fraction of sp³-hybridized carbons (Fsp3) is 0.273. The summed E-state index contributed by atoms with van der Waals surface area (Å²) in [5.41, 5.74) is 2.17. The number of nitrogens with one attached hydrogen (secondary N) is 1. The van der Waals surface area contributed by atoms with Gasteiger partial charge in [0.2, 0.25) is 11.8 Å². The smallest absolute Gasteiger partial charge is 0.265 e. The first-order chi connectivity index (χ1) is 20.6. The maximum absolute atomic E-state index is 14.0. The molecule has 4 aromatic rings. The van der Waals surface area contributed by atoms with Crippen LogP contribution in [0.15, 0.2) is 89.8 Å². The van der Waals surface area contributed by atoms with E-state index >= 15 is 0 Å². The molecule has 1 aliphatic rings. The second kappa shape index (κ2) is 13.0. The number of rotatable bonds is 11. The fourth-order valence-electron chi connectivity index (χ4n) is 5.48. The molecule has 0 radical (unpaired) electrons. The molecular formula is C33H33Cl2N3O4S. The van der Waals surface area contributed by atoms with E-state index in [1.54, 1.807) is 41.3 Å². The minimum absolute atomic E-state index is 0.0315. The van der Waals surface area contributed by atoms with E-state index in [9.17, 15) is 18.0 Å². The number of anilines is 1. The van der Waals surface area contributed by atoms with Crippen molar-refractivity contribution in [3.8, 4) is 0 Å². The van der Waals surface area contributed by atoms with Gasteiger partial charge in [-0.25, -0.2) is 8.42 Å². The van der Waals surface area contributed by atoms with Gasteiger partial charge in [0.15, 0.2) is 0 Å². The zero-order chi connectivity index (χ0) is 30.7. The van der Waals surface area contributed by atoms with E-state index in [1.807, 2.05) is 62.4 Å². The fourth-order valence-corrected chi connectivity index (χ4v) is 7.70. The zero-order valence-electron chi connectivity index (χ0n) is 24.0. The number of nitrogens with zero attached hydrogens (tertiary/aromatic N) is 2. The number of halogens is 2. The number of benzene rings is 4. The number of hydrogen-bond acceptors (Lipinski definition) is 4. The van der Waals surface area contributed by atoms with Crippen molar-refractivity contribution in [1.29, 1.82) is 0 Å². The van der Waals surface area contributed by atoms with E-state index in [4.69, 9.17) is 23.2 Å². The lowest BCUT2D eigenvalue weighted by Gasteiger charge is -2.32. The van der Waals surface area contributed by atoms with E-state index < -0.39 is 16.1 Å². The predicted octanol–water partition coefficient (Wildman–Crippen LogP) is 6.60. The Balaban J connectivity index is 1.41. The number of amides is 2. The summed E-state index contributed by atoms with van der Waals surface area (Å²) >= 11 is 12.6. The van der Waals surface area contributed by atoms with Crippen molar-refractivity contribution in [2.45, 2.75) is 56.6 Å². The van der Waals surface area contributed by atoms with Crippen LogP contribution in [0.1, 0.15) is 37.8 Å². The van der Waals surface area contributed by atoms with Crippen LogP contribution < -0.4 is 9.62 Å². The predicted molar refractivity (Wildman–Crippen MR) is 172 cm³/mol. The Morgan fingerprint density at radius 3 is 2.35 bits per heavy atom. The van der Waals surface area contributed by atoms with Crippen LogP contribution in [0, 0.1) is 0 Å². The van der Waals surface area contributed by atoms with Gasteiger partial charge in [0.05, 0.1) is 10.6 Å². The van der Waals surface area contributed by atoms with Crippen molar-refractivity contribution in [3.05, 3.63) is 106 Å². The summed E-state index contributed by atoms with van der Waals surface area (Å²) in [5.74, 6) is -0.556. The monoisotopic (exact) mass is 637 g/mol. The molecule has 0 aliphatic carbocycles. The summed E-state index contributed by atoms with van der Waals surface area (Å²) < 4.78 is 28.3. The minimum atomic E-state index is -3.74. The second-order valence-corrected chi connectivity index (χ2v) is 13.6. The molecule has 0 fully saturated rings. The topological polar surface area (TPSA) is 86.8 Å². The van der Waals surface area contributed by atoms with Gasteiger partial charge in [-0.2, -0.15) is 0 Å². The molecule has 0 saturated carbocycles. The standard InChI is InChI=1S/C33H33Cl2N3O4S/c1-22(2)36-33(40)29(19-23-9-4-3-5-10-23)37(21-25-16-17-26(34)20-27(25)35)31(39)15-8-18-38-28-13-6-11-24-12-7-14-30(32(24)28)43(38,41)42/h3-7,9-14,16-17,20,22,29H,8,15,18-19,21H2,1-2H3,(H,36,40). The lowest BCUT2D eigenvalue weighted by molar-refractivity contribution is -0.141. The van der Waals surface area contributed by atoms with E-state index in [2.05, 4.69) is 5.32 Å². The average Bonchev–Trinajstić information content (AvgIpc) is 3.19. The van der Waals surface area contributed by atoms with Gasteiger partial charge in [0.1, 0.15) is 6.04 Å². The Morgan fingerprint density at radius 1 is 0.930 bits per heavy atom. The molecule has 0 aromatic heterocycles. The number of carbonyl (C=O) groups is 2. The molecule has 5 rings (SSSR count). The third-order valence-corrected chi connectivity index (χ3v) is 9.93. The highest BCUT2D eigenvalue weighted by atomic mass is 35.5. The Morgan fingerprint density at radius 2 is 1.65 bits per heavy atom. The van der Waals surface area contributed by atoms with Crippen LogP contribution in [0.3, 0.4) is 0 Å². The molecule has 7 nitrogen and oxygen atoms in total. The van der Waals surface area contributed by atoms with Gasteiger partial charge in [0.25, 0.3) is 10.0 Å². The van der Waals surface area contributed by atoms with E-state index in [0.29, 0.717) is 33.1 Å². The molecule has 10 heteroatoms. The third kappa shape index (κ3) is 6.66. The maximum atomic E-state index is 14.0. The largest absolute Gasteiger partial charge is 0.352 e. The summed E-state index contributed by atoms with van der Waals surface area (Å²) in [6.07, 6.45) is 0.592. The van der Waals surface area contributed by atoms with Crippen molar-refractivity contribution in [1.82, 2.24) is 10.2 Å². The van der Waals surface area contributed by atoms with Crippen LogP contribution in [0.4, 0.5) is 5.69 Å². The van der Waals surface area contributed by atoms with Gasteiger partial charge in [-0.15, -0.1) is 0 Å². The maximum Gasteiger partial charge on any atom is 0.265 e. The van der Waals surface area contributed by atoms with Gasteiger partial charge in [0, 0.05) is 47.4 Å². The first-order valence-corrected chi connectivity index (χ1v) is 16.4. The zero-order valence-corrected chi connectivity index (χ0v) is 26.3. The summed E-state index contributed by atoms with van der Waals surface area (Å²) in [7, 11) is -3.74. The average molecular weight is 639 g/mol. The Kier molecular flexibility index (Phi) is 9.30. The molecule has 1 atom stereocenters. The SMILES string of the molecule is CC(C)NC(=O)C(Cc1ccccc1)N(Cc1ccc(Cl)cc1Cl)C(=O)CCCN1c2cccc3cccc(c23)S1(=O)=O. The third-order valence-electron chi connectivity index (χ3n) is 7.49.